The van der Waals surface area contributed by atoms with Crippen LogP contribution in [0.5, 0.6) is 5.75 Å². The van der Waals surface area contributed by atoms with Crippen LogP contribution in [-0.4, -0.2) is 18.4 Å². The summed E-state index contributed by atoms with van der Waals surface area (Å²) < 4.78 is 5.45. The minimum absolute atomic E-state index is 0.143. The smallest absolute Gasteiger partial charge is 0.255 e. The van der Waals surface area contributed by atoms with Gasteiger partial charge in [-0.05, 0) is 48.4 Å². The van der Waals surface area contributed by atoms with Gasteiger partial charge in [0.15, 0.2) is 0 Å². The Bertz CT molecular complexity index is 784. The normalized spacial score (nSPS) is 12.3. The Morgan fingerprint density at radius 1 is 1.09 bits per heavy atom. The van der Waals surface area contributed by atoms with Crippen molar-refractivity contribution in [3.8, 4) is 5.75 Å². The van der Waals surface area contributed by atoms with Crippen LogP contribution in [0.1, 0.15) is 28.4 Å². The van der Waals surface area contributed by atoms with E-state index in [2.05, 4.69) is 10.6 Å². The van der Waals surface area contributed by atoms with Gasteiger partial charge in [-0.25, -0.2) is 0 Å². The molecule has 2 aromatic rings. The molecule has 1 aliphatic heterocycles. The largest absolute Gasteiger partial charge is 0.493 e. The predicted molar refractivity (Wildman–Crippen MR) is 89.1 cm³/mol. The average Bonchev–Trinajstić information content (AvgIpc) is 2.97. The molecule has 2 aromatic carbocycles. The highest BCUT2D eigenvalue weighted by atomic mass is 16.5. The van der Waals surface area contributed by atoms with Crippen molar-refractivity contribution in [1.29, 1.82) is 0 Å². The fourth-order valence-corrected chi connectivity index (χ4v) is 2.56. The molecule has 0 bridgehead atoms. The van der Waals surface area contributed by atoms with Crippen LogP contribution in [0.15, 0.2) is 36.4 Å². The first-order chi connectivity index (χ1) is 11.0. The topological polar surface area (TPSA) is 67.4 Å². The zero-order valence-electron chi connectivity index (χ0n) is 13.1. The van der Waals surface area contributed by atoms with E-state index in [9.17, 15) is 9.59 Å². The number of aryl methyl sites for hydroxylation is 1. The van der Waals surface area contributed by atoms with Gasteiger partial charge in [0.25, 0.3) is 5.91 Å². The second-order valence-electron chi connectivity index (χ2n) is 5.59. The van der Waals surface area contributed by atoms with Crippen molar-refractivity contribution < 1.29 is 14.3 Å². The van der Waals surface area contributed by atoms with Crippen molar-refractivity contribution in [3.63, 3.8) is 0 Å². The number of hydrogen-bond acceptors (Lipinski definition) is 3. The van der Waals surface area contributed by atoms with Gasteiger partial charge in [0.2, 0.25) is 5.91 Å². The third kappa shape index (κ3) is 3.34. The summed E-state index contributed by atoms with van der Waals surface area (Å²) in [5, 5.41) is 5.61. The van der Waals surface area contributed by atoms with Gasteiger partial charge in [0, 0.05) is 30.3 Å². The fourth-order valence-electron chi connectivity index (χ4n) is 2.56. The molecule has 3 rings (SSSR count). The quantitative estimate of drug-likeness (QED) is 0.915. The first-order valence-corrected chi connectivity index (χ1v) is 7.48. The number of rotatable bonds is 3. The lowest BCUT2D eigenvalue weighted by molar-refractivity contribution is -0.114. The third-order valence-corrected chi connectivity index (χ3v) is 3.76. The highest BCUT2D eigenvalue weighted by Gasteiger charge is 2.15. The summed E-state index contributed by atoms with van der Waals surface area (Å²) in [5.41, 5.74) is 3.92. The molecule has 2 N–H and O–H groups in total. The monoisotopic (exact) mass is 310 g/mol. The molecule has 0 spiro atoms. The van der Waals surface area contributed by atoms with Crippen LogP contribution in [0, 0.1) is 6.92 Å². The maximum atomic E-state index is 12.4. The standard InChI is InChI=1S/C18H18N2O3/c1-11-3-5-15(10-16(11)19-12(2)21)20-18(22)14-4-6-17-13(9-14)7-8-23-17/h3-6,9-10H,7-8H2,1-2H3,(H,19,21)(H,20,22). The Morgan fingerprint density at radius 3 is 2.70 bits per heavy atom. The van der Waals surface area contributed by atoms with Crippen LogP contribution < -0.4 is 15.4 Å². The molecular formula is C18H18N2O3. The van der Waals surface area contributed by atoms with Crippen molar-refractivity contribution in [1.82, 2.24) is 0 Å². The molecule has 0 atom stereocenters. The first-order valence-electron chi connectivity index (χ1n) is 7.48. The Labute approximate surface area is 134 Å². The molecule has 5 nitrogen and oxygen atoms in total. The van der Waals surface area contributed by atoms with Gasteiger partial charge in [0.1, 0.15) is 5.75 Å². The van der Waals surface area contributed by atoms with Crippen LogP contribution in [0.4, 0.5) is 11.4 Å². The molecule has 23 heavy (non-hydrogen) atoms. The van der Waals surface area contributed by atoms with Crippen molar-refractivity contribution >= 4 is 23.2 Å². The molecular weight excluding hydrogens is 292 g/mol. The molecule has 0 saturated carbocycles. The third-order valence-electron chi connectivity index (χ3n) is 3.76. The molecule has 0 aromatic heterocycles. The molecule has 0 unspecified atom stereocenters. The lowest BCUT2D eigenvalue weighted by atomic mass is 10.1. The number of nitrogens with one attached hydrogen (secondary N) is 2. The van der Waals surface area contributed by atoms with Crippen molar-refractivity contribution in [2.75, 3.05) is 17.2 Å². The Kier molecular flexibility index (Phi) is 4.02. The molecule has 0 radical (unpaired) electrons. The number of amides is 2. The summed E-state index contributed by atoms with van der Waals surface area (Å²) in [5.74, 6) is 0.525. The summed E-state index contributed by atoms with van der Waals surface area (Å²) >= 11 is 0. The van der Waals surface area contributed by atoms with Gasteiger partial charge in [-0.15, -0.1) is 0 Å². The summed E-state index contributed by atoms with van der Waals surface area (Å²) in [6, 6.07) is 10.9. The molecule has 0 saturated heterocycles. The van der Waals surface area contributed by atoms with E-state index >= 15 is 0 Å². The zero-order chi connectivity index (χ0) is 16.4. The van der Waals surface area contributed by atoms with Gasteiger partial charge in [-0.2, -0.15) is 0 Å². The molecule has 5 heteroatoms. The molecule has 1 aliphatic rings. The van der Waals surface area contributed by atoms with Crippen LogP contribution in [0.25, 0.3) is 0 Å². The summed E-state index contributed by atoms with van der Waals surface area (Å²) in [4.78, 5) is 23.6. The second kappa shape index (κ2) is 6.12. The van der Waals surface area contributed by atoms with Crippen molar-refractivity contribution in [2.45, 2.75) is 20.3 Å². The van der Waals surface area contributed by atoms with E-state index in [4.69, 9.17) is 4.74 Å². The van der Waals surface area contributed by atoms with E-state index in [1.54, 1.807) is 12.1 Å². The molecule has 118 valence electrons. The zero-order valence-corrected chi connectivity index (χ0v) is 13.1. The number of ether oxygens (including phenoxy) is 1. The number of carbonyl (C=O) groups is 2. The Morgan fingerprint density at radius 2 is 1.91 bits per heavy atom. The van der Waals surface area contributed by atoms with E-state index < -0.39 is 0 Å². The van der Waals surface area contributed by atoms with E-state index in [1.807, 2.05) is 31.2 Å². The highest BCUT2D eigenvalue weighted by Crippen LogP contribution is 2.26. The first kappa shape index (κ1) is 15.1. The maximum Gasteiger partial charge on any atom is 0.255 e. The van der Waals surface area contributed by atoms with Crippen molar-refractivity contribution in [3.05, 3.63) is 53.1 Å². The number of fused-ring (bicyclic) bond motifs is 1. The van der Waals surface area contributed by atoms with Gasteiger partial charge >= 0.3 is 0 Å². The van der Waals surface area contributed by atoms with Gasteiger partial charge in [0.05, 0.1) is 6.61 Å². The number of benzene rings is 2. The molecule has 2 amide bonds. The lowest BCUT2D eigenvalue weighted by Gasteiger charge is -2.11. The predicted octanol–water partition coefficient (Wildman–Crippen LogP) is 3.14. The SMILES string of the molecule is CC(=O)Nc1cc(NC(=O)c2ccc3c(c2)CCO3)ccc1C. The van der Waals surface area contributed by atoms with Crippen LogP contribution in [0.2, 0.25) is 0 Å². The molecule has 0 fully saturated rings. The van der Waals surface area contributed by atoms with Crippen LogP contribution in [-0.2, 0) is 11.2 Å². The second-order valence-corrected chi connectivity index (χ2v) is 5.59. The van der Waals surface area contributed by atoms with E-state index in [0.717, 1.165) is 23.3 Å². The lowest BCUT2D eigenvalue weighted by Crippen LogP contribution is -2.13. The highest BCUT2D eigenvalue weighted by molar-refractivity contribution is 6.05. The van der Waals surface area contributed by atoms with Gasteiger partial charge < -0.3 is 15.4 Å². The van der Waals surface area contributed by atoms with E-state index in [0.29, 0.717) is 23.5 Å². The summed E-state index contributed by atoms with van der Waals surface area (Å²) in [6.45, 7) is 4.02. The summed E-state index contributed by atoms with van der Waals surface area (Å²) in [7, 11) is 0. The van der Waals surface area contributed by atoms with E-state index in [1.165, 1.54) is 6.92 Å². The van der Waals surface area contributed by atoms with Crippen molar-refractivity contribution in [2.24, 2.45) is 0 Å². The minimum Gasteiger partial charge on any atom is -0.493 e. The summed E-state index contributed by atoms with van der Waals surface area (Å²) in [6.07, 6.45) is 0.827. The Balaban J connectivity index is 1.78. The molecule has 0 aliphatic carbocycles. The Hall–Kier alpha value is -2.82. The van der Waals surface area contributed by atoms with Crippen LogP contribution in [0.3, 0.4) is 0 Å². The van der Waals surface area contributed by atoms with Gasteiger partial charge in [-0.3, -0.25) is 9.59 Å². The minimum atomic E-state index is -0.183. The maximum absolute atomic E-state index is 12.4. The van der Waals surface area contributed by atoms with E-state index in [-0.39, 0.29) is 11.8 Å². The van der Waals surface area contributed by atoms with Crippen LogP contribution >= 0.6 is 0 Å². The number of hydrogen-bond donors (Lipinski definition) is 2. The number of carbonyl (C=O) groups excluding carboxylic acids is 2. The fraction of sp³-hybridized carbons (Fsp3) is 0.222. The average molecular weight is 310 g/mol. The molecule has 1 heterocycles. The van der Waals surface area contributed by atoms with Gasteiger partial charge in [-0.1, -0.05) is 6.07 Å². The number of anilines is 2.